The molecule has 0 bridgehead atoms. The van der Waals surface area contributed by atoms with Crippen LogP contribution in [-0.4, -0.2) is 22.1 Å². The molecule has 2 N–H and O–H groups in total. The third-order valence-electron chi connectivity index (χ3n) is 4.38. The molecule has 4 rings (SSSR count). The highest BCUT2D eigenvalue weighted by Crippen LogP contribution is 2.27. The Labute approximate surface area is 183 Å². The molecule has 30 heavy (non-hydrogen) atoms. The first-order valence-electron chi connectivity index (χ1n) is 9.33. The normalized spacial score (nSPS) is 10.6. The maximum absolute atomic E-state index is 12.6. The van der Waals surface area contributed by atoms with Crippen molar-refractivity contribution < 1.29 is 4.79 Å². The molecule has 1 amide bonds. The lowest BCUT2D eigenvalue weighted by Gasteiger charge is -2.09. The number of nitrogens with one attached hydrogen (secondary N) is 2. The fourth-order valence-corrected chi connectivity index (χ4v) is 4.17. The van der Waals surface area contributed by atoms with E-state index in [0.29, 0.717) is 5.56 Å². The number of thiazole rings is 1. The molecular formula is C23H20N4OS2. The van der Waals surface area contributed by atoms with Crippen molar-refractivity contribution in [2.24, 2.45) is 0 Å². The van der Waals surface area contributed by atoms with Gasteiger partial charge in [0.2, 0.25) is 0 Å². The van der Waals surface area contributed by atoms with Crippen molar-refractivity contribution >= 4 is 45.5 Å². The first kappa shape index (κ1) is 20.1. The van der Waals surface area contributed by atoms with Gasteiger partial charge in [0.05, 0.1) is 5.69 Å². The Bertz CT molecular complexity index is 1130. The summed E-state index contributed by atoms with van der Waals surface area (Å²) in [4.78, 5) is 21.2. The van der Waals surface area contributed by atoms with Crippen LogP contribution in [0, 0.1) is 0 Å². The third-order valence-corrected chi connectivity index (χ3v) is 5.76. The first-order chi connectivity index (χ1) is 14.7. The number of rotatable bonds is 7. The molecule has 0 spiro atoms. The molecule has 2 aromatic carbocycles. The van der Waals surface area contributed by atoms with Crippen LogP contribution in [0.15, 0.2) is 78.4 Å². The van der Waals surface area contributed by atoms with E-state index in [1.807, 2.05) is 66.0 Å². The lowest BCUT2D eigenvalue weighted by molar-refractivity contribution is 0.102. The molecule has 0 atom stereocenters. The number of thioether (sulfide) groups is 1. The van der Waals surface area contributed by atoms with Crippen molar-refractivity contribution in [1.82, 2.24) is 9.97 Å². The minimum Gasteiger partial charge on any atom is -0.331 e. The van der Waals surface area contributed by atoms with Gasteiger partial charge in [0, 0.05) is 46.0 Å². The minimum absolute atomic E-state index is 0.128. The average molecular weight is 433 g/mol. The quantitative estimate of drug-likeness (QED) is 0.371. The molecule has 0 aliphatic heterocycles. The van der Waals surface area contributed by atoms with Crippen molar-refractivity contribution in [2.75, 3.05) is 16.9 Å². The summed E-state index contributed by atoms with van der Waals surface area (Å²) in [5, 5.41) is 9.06. The number of pyridine rings is 1. The zero-order valence-corrected chi connectivity index (χ0v) is 18.0. The molecule has 2 heterocycles. The molecule has 0 fully saturated rings. The number of aromatic nitrogens is 2. The zero-order chi connectivity index (χ0) is 20.8. The van der Waals surface area contributed by atoms with Crippen LogP contribution in [0.25, 0.3) is 11.3 Å². The van der Waals surface area contributed by atoms with Crippen LogP contribution >= 0.6 is 23.1 Å². The van der Waals surface area contributed by atoms with E-state index in [2.05, 4.69) is 26.9 Å². The van der Waals surface area contributed by atoms with E-state index in [4.69, 9.17) is 0 Å². The highest BCUT2D eigenvalue weighted by Gasteiger charge is 2.08. The van der Waals surface area contributed by atoms with E-state index in [1.165, 1.54) is 16.9 Å². The summed E-state index contributed by atoms with van der Waals surface area (Å²) in [7, 11) is 0. The van der Waals surface area contributed by atoms with Crippen LogP contribution < -0.4 is 10.6 Å². The molecule has 5 nitrogen and oxygen atoms in total. The molecule has 0 saturated heterocycles. The molecule has 0 radical (unpaired) electrons. The van der Waals surface area contributed by atoms with Gasteiger partial charge in [-0.1, -0.05) is 18.2 Å². The Kier molecular flexibility index (Phi) is 6.41. The van der Waals surface area contributed by atoms with E-state index < -0.39 is 0 Å². The van der Waals surface area contributed by atoms with Gasteiger partial charge in [-0.2, -0.15) is 11.8 Å². The van der Waals surface area contributed by atoms with Crippen LogP contribution in [0.4, 0.5) is 16.5 Å². The summed E-state index contributed by atoms with van der Waals surface area (Å²) in [6, 6.07) is 19.2. The van der Waals surface area contributed by atoms with Crippen LogP contribution in [0.5, 0.6) is 0 Å². The molecule has 150 valence electrons. The second kappa shape index (κ2) is 9.56. The van der Waals surface area contributed by atoms with Crippen molar-refractivity contribution in [3.8, 4) is 11.3 Å². The number of amides is 1. The number of hydrogen-bond donors (Lipinski definition) is 2. The highest BCUT2D eigenvalue weighted by atomic mass is 32.2. The molecule has 0 aliphatic carbocycles. The number of nitrogens with zero attached hydrogens (tertiary/aromatic N) is 2. The number of carbonyl (C=O) groups excluding carboxylic acids is 1. The van der Waals surface area contributed by atoms with Gasteiger partial charge in [-0.25, -0.2) is 4.98 Å². The Hall–Kier alpha value is -3.16. The molecule has 0 saturated carbocycles. The zero-order valence-electron chi connectivity index (χ0n) is 16.3. The van der Waals surface area contributed by atoms with Crippen LogP contribution in [0.2, 0.25) is 0 Å². The largest absolute Gasteiger partial charge is 0.331 e. The summed E-state index contributed by atoms with van der Waals surface area (Å²) in [5.41, 5.74) is 5.36. The van der Waals surface area contributed by atoms with Crippen molar-refractivity contribution in [2.45, 2.75) is 5.75 Å². The maximum Gasteiger partial charge on any atom is 0.255 e. The van der Waals surface area contributed by atoms with E-state index in [1.54, 1.807) is 24.2 Å². The van der Waals surface area contributed by atoms with E-state index in [0.717, 1.165) is 33.5 Å². The van der Waals surface area contributed by atoms with E-state index in [9.17, 15) is 4.79 Å². The fourth-order valence-electron chi connectivity index (χ4n) is 2.91. The monoisotopic (exact) mass is 432 g/mol. The van der Waals surface area contributed by atoms with Gasteiger partial charge in [0.25, 0.3) is 5.91 Å². The van der Waals surface area contributed by atoms with Crippen LogP contribution in [0.3, 0.4) is 0 Å². The van der Waals surface area contributed by atoms with Crippen LogP contribution in [-0.2, 0) is 5.75 Å². The van der Waals surface area contributed by atoms with Gasteiger partial charge < -0.3 is 10.6 Å². The van der Waals surface area contributed by atoms with Crippen LogP contribution in [0.1, 0.15) is 15.9 Å². The van der Waals surface area contributed by atoms with Gasteiger partial charge in [-0.15, -0.1) is 11.3 Å². The fraction of sp³-hybridized carbons (Fsp3) is 0.0870. The predicted molar refractivity (Wildman–Crippen MR) is 127 cm³/mol. The molecular weight excluding hydrogens is 412 g/mol. The van der Waals surface area contributed by atoms with Gasteiger partial charge in [-0.3, -0.25) is 9.78 Å². The first-order valence-corrected chi connectivity index (χ1v) is 11.6. The minimum atomic E-state index is -0.128. The Morgan fingerprint density at radius 1 is 1.03 bits per heavy atom. The van der Waals surface area contributed by atoms with E-state index in [-0.39, 0.29) is 5.91 Å². The third kappa shape index (κ3) is 5.06. The molecule has 0 aliphatic rings. The van der Waals surface area contributed by atoms with Gasteiger partial charge in [0.1, 0.15) is 0 Å². The summed E-state index contributed by atoms with van der Waals surface area (Å²) >= 11 is 3.29. The van der Waals surface area contributed by atoms with Gasteiger partial charge in [-0.05, 0) is 54.3 Å². The lowest BCUT2D eigenvalue weighted by atomic mass is 10.1. The Balaban J connectivity index is 1.43. The molecule has 7 heteroatoms. The summed E-state index contributed by atoms with van der Waals surface area (Å²) in [5.74, 6) is 0.812. The highest BCUT2D eigenvalue weighted by molar-refractivity contribution is 7.97. The van der Waals surface area contributed by atoms with E-state index >= 15 is 0 Å². The van der Waals surface area contributed by atoms with Gasteiger partial charge in [0.15, 0.2) is 5.13 Å². The summed E-state index contributed by atoms with van der Waals surface area (Å²) in [6.07, 6.45) is 5.57. The standard InChI is InChI=1S/C23H20N4OS2/c1-29-14-16-5-7-18(8-6-16)22(28)25-19-3-2-4-20(13-19)26-23-27-21(15-30-23)17-9-11-24-12-10-17/h2-13,15H,14H2,1H3,(H,25,28)(H,26,27). The second-order valence-corrected chi connectivity index (χ2v) is 8.29. The van der Waals surface area contributed by atoms with Crippen molar-refractivity contribution in [3.63, 3.8) is 0 Å². The molecule has 4 aromatic rings. The summed E-state index contributed by atoms with van der Waals surface area (Å²) in [6.45, 7) is 0. The predicted octanol–water partition coefficient (Wildman–Crippen LogP) is 6.06. The Morgan fingerprint density at radius 3 is 2.57 bits per heavy atom. The number of carbonyl (C=O) groups is 1. The number of hydrogen-bond acceptors (Lipinski definition) is 6. The smallest absolute Gasteiger partial charge is 0.255 e. The number of anilines is 3. The maximum atomic E-state index is 12.6. The average Bonchev–Trinajstić information content (AvgIpc) is 3.24. The topological polar surface area (TPSA) is 66.9 Å². The van der Waals surface area contributed by atoms with Crippen molar-refractivity contribution in [1.29, 1.82) is 0 Å². The van der Waals surface area contributed by atoms with Crippen molar-refractivity contribution in [3.05, 3.63) is 89.6 Å². The lowest BCUT2D eigenvalue weighted by Crippen LogP contribution is -2.11. The van der Waals surface area contributed by atoms with Gasteiger partial charge >= 0.3 is 0 Å². The molecule has 0 unspecified atom stereocenters. The molecule has 2 aromatic heterocycles. The number of benzene rings is 2. The Morgan fingerprint density at radius 2 is 1.80 bits per heavy atom. The SMILES string of the molecule is CSCc1ccc(C(=O)Nc2cccc(Nc3nc(-c4ccncc4)cs3)c2)cc1. The summed E-state index contributed by atoms with van der Waals surface area (Å²) < 4.78 is 0. The second-order valence-electron chi connectivity index (χ2n) is 6.56.